The number of carboxylic acids is 1. The first kappa shape index (κ1) is 17.1. The number of piperidine rings is 1. The summed E-state index contributed by atoms with van der Waals surface area (Å²) in [5.41, 5.74) is 0. The third-order valence-corrected chi connectivity index (χ3v) is 4.25. The number of ether oxygens (including phenoxy) is 2. The van der Waals surface area contributed by atoms with Crippen LogP contribution in [0.3, 0.4) is 0 Å². The molecule has 0 spiro atoms. The fourth-order valence-corrected chi connectivity index (χ4v) is 2.88. The molecular formula is C17H23NO5. The van der Waals surface area contributed by atoms with Gasteiger partial charge in [0.25, 0.3) is 5.91 Å². The Kier molecular flexibility index (Phi) is 5.47. The molecule has 1 amide bonds. The molecule has 1 aliphatic rings. The van der Waals surface area contributed by atoms with Gasteiger partial charge in [0.05, 0.1) is 13.0 Å². The van der Waals surface area contributed by atoms with Crippen LogP contribution < -0.4 is 9.47 Å². The molecular weight excluding hydrogens is 298 g/mol. The van der Waals surface area contributed by atoms with Crippen LogP contribution in [0.15, 0.2) is 24.3 Å². The number of nitrogens with zero attached hydrogens (tertiary/aromatic N) is 1. The van der Waals surface area contributed by atoms with Gasteiger partial charge in [-0.05, 0) is 43.5 Å². The summed E-state index contributed by atoms with van der Waals surface area (Å²) in [6, 6.07) is 7.05. The summed E-state index contributed by atoms with van der Waals surface area (Å²) in [5.74, 6) is -0.0140. The minimum atomic E-state index is -0.785. The first-order valence-corrected chi connectivity index (χ1v) is 7.74. The summed E-state index contributed by atoms with van der Waals surface area (Å²) in [4.78, 5) is 25.3. The van der Waals surface area contributed by atoms with Gasteiger partial charge in [0.15, 0.2) is 6.10 Å². The molecule has 2 rings (SSSR count). The van der Waals surface area contributed by atoms with Crippen molar-refractivity contribution >= 4 is 11.9 Å². The highest BCUT2D eigenvalue weighted by Gasteiger charge is 2.34. The Hall–Kier alpha value is -2.24. The van der Waals surface area contributed by atoms with E-state index in [0.717, 1.165) is 5.75 Å². The molecule has 1 aliphatic heterocycles. The molecule has 0 radical (unpaired) electrons. The molecule has 23 heavy (non-hydrogen) atoms. The van der Waals surface area contributed by atoms with Gasteiger partial charge in [0.2, 0.25) is 0 Å². The number of amides is 1. The van der Waals surface area contributed by atoms with Gasteiger partial charge in [-0.3, -0.25) is 9.59 Å². The molecule has 1 aromatic carbocycles. The Bertz CT molecular complexity index is 557. The van der Waals surface area contributed by atoms with Gasteiger partial charge in [0, 0.05) is 13.1 Å². The zero-order chi connectivity index (χ0) is 17.0. The van der Waals surface area contributed by atoms with Crippen molar-refractivity contribution in [2.45, 2.75) is 26.4 Å². The molecule has 1 saturated heterocycles. The summed E-state index contributed by atoms with van der Waals surface area (Å²) in [5, 5.41) is 9.14. The Morgan fingerprint density at radius 2 is 1.87 bits per heavy atom. The third kappa shape index (κ3) is 4.15. The second-order valence-electron chi connectivity index (χ2n) is 5.93. The minimum Gasteiger partial charge on any atom is -0.497 e. The molecule has 1 aromatic rings. The van der Waals surface area contributed by atoms with Crippen molar-refractivity contribution in [1.82, 2.24) is 4.90 Å². The summed E-state index contributed by atoms with van der Waals surface area (Å²) >= 11 is 0. The van der Waals surface area contributed by atoms with Crippen molar-refractivity contribution in [3.05, 3.63) is 24.3 Å². The van der Waals surface area contributed by atoms with Crippen LogP contribution in [0.4, 0.5) is 0 Å². The van der Waals surface area contributed by atoms with Crippen LogP contribution >= 0.6 is 0 Å². The highest BCUT2D eigenvalue weighted by molar-refractivity contribution is 5.81. The van der Waals surface area contributed by atoms with Crippen molar-refractivity contribution in [2.75, 3.05) is 20.2 Å². The molecule has 0 aliphatic carbocycles. The van der Waals surface area contributed by atoms with E-state index >= 15 is 0 Å². The van der Waals surface area contributed by atoms with E-state index in [-0.39, 0.29) is 17.7 Å². The van der Waals surface area contributed by atoms with Gasteiger partial charge in [0.1, 0.15) is 11.5 Å². The Balaban J connectivity index is 1.93. The number of carbonyl (C=O) groups excluding carboxylic acids is 1. The number of methoxy groups -OCH3 is 1. The van der Waals surface area contributed by atoms with Crippen molar-refractivity contribution in [2.24, 2.45) is 11.8 Å². The Morgan fingerprint density at radius 3 is 2.39 bits per heavy atom. The van der Waals surface area contributed by atoms with Crippen LogP contribution in [-0.2, 0) is 9.59 Å². The quantitative estimate of drug-likeness (QED) is 0.898. The molecule has 6 nitrogen and oxygen atoms in total. The van der Waals surface area contributed by atoms with Crippen LogP contribution in [0.1, 0.15) is 20.3 Å². The standard InChI is InChI=1S/C17H23NO5/c1-11-10-18(9-8-15(11)17(20)21)16(19)12(2)23-14-6-4-13(22-3)5-7-14/h4-7,11-12,15H,8-10H2,1-3H3,(H,20,21). The molecule has 0 saturated carbocycles. The van der Waals surface area contributed by atoms with Crippen molar-refractivity contribution in [3.63, 3.8) is 0 Å². The maximum absolute atomic E-state index is 12.5. The van der Waals surface area contributed by atoms with Gasteiger partial charge >= 0.3 is 5.97 Å². The minimum absolute atomic E-state index is 0.0570. The van der Waals surface area contributed by atoms with Crippen LogP contribution in [0.5, 0.6) is 11.5 Å². The first-order chi connectivity index (χ1) is 10.9. The second kappa shape index (κ2) is 7.35. The number of carboxylic acid groups (broad SMARTS) is 1. The number of hydrogen-bond acceptors (Lipinski definition) is 4. The first-order valence-electron chi connectivity index (χ1n) is 7.74. The number of benzene rings is 1. The fraction of sp³-hybridized carbons (Fsp3) is 0.529. The van der Waals surface area contributed by atoms with Crippen molar-refractivity contribution < 1.29 is 24.2 Å². The van der Waals surface area contributed by atoms with Crippen LogP contribution in [0.25, 0.3) is 0 Å². The second-order valence-corrected chi connectivity index (χ2v) is 5.93. The summed E-state index contributed by atoms with van der Waals surface area (Å²) in [6.45, 7) is 4.48. The fourth-order valence-electron chi connectivity index (χ4n) is 2.88. The van der Waals surface area contributed by atoms with E-state index in [1.54, 1.807) is 43.2 Å². The van der Waals surface area contributed by atoms with Crippen LogP contribution in [0, 0.1) is 11.8 Å². The predicted octanol–water partition coefficient (Wildman–Crippen LogP) is 2.03. The van der Waals surface area contributed by atoms with E-state index in [1.165, 1.54) is 0 Å². The average molecular weight is 321 g/mol. The molecule has 1 heterocycles. The lowest BCUT2D eigenvalue weighted by Gasteiger charge is -2.36. The van der Waals surface area contributed by atoms with Crippen molar-refractivity contribution in [1.29, 1.82) is 0 Å². The maximum atomic E-state index is 12.5. The molecule has 3 unspecified atom stereocenters. The highest BCUT2D eigenvalue weighted by atomic mass is 16.5. The van der Waals surface area contributed by atoms with E-state index < -0.39 is 12.1 Å². The van der Waals surface area contributed by atoms with Gasteiger partial charge < -0.3 is 19.5 Å². The lowest BCUT2D eigenvalue weighted by Crippen LogP contribution is -2.49. The number of hydrogen-bond donors (Lipinski definition) is 1. The monoisotopic (exact) mass is 321 g/mol. The molecule has 1 fully saturated rings. The number of likely N-dealkylation sites (tertiary alicyclic amines) is 1. The lowest BCUT2D eigenvalue weighted by atomic mass is 9.87. The van der Waals surface area contributed by atoms with Gasteiger partial charge in [-0.2, -0.15) is 0 Å². The van der Waals surface area contributed by atoms with E-state index in [0.29, 0.717) is 25.3 Å². The zero-order valence-corrected chi connectivity index (χ0v) is 13.7. The third-order valence-electron chi connectivity index (χ3n) is 4.25. The zero-order valence-electron chi connectivity index (χ0n) is 13.7. The summed E-state index contributed by atoms with van der Waals surface area (Å²) in [7, 11) is 1.59. The van der Waals surface area contributed by atoms with Gasteiger partial charge in [-0.25, -0.2) is 0 Å². The summed E-state index contributed by atoms with van der Waals surface area (Å²) < 4.78 is 10.8. The van der Waals surface area contributed by atoms with Gasteiger partial charge in [-0.1, -0.05) is 6.92 Å². The number of rotatable bonds is 5. The van der Waals surface area contributed by atoms with Crippen molar-refractivity contribution in [3.8, 4) is 11.5 Å². The van der Waals surface area contributed by atoms with E-state index in [4.69, 9.17) is 14.6 Å². The molecule has 6 heteroatoms. The smallest absolute Gasteiger partial charge is 0.306 e. The molecule has 3 atom stereocenters. The molecule has 0 bridgehead atoms. The van der Waals surface area contributed by atoms with E-state index in [2.05, 4.69) is 0 Å². The SMILES string of the molecule is COc1ccc(OC(C)C(=O)N2CCC(C(=O)O)C(C)C2)cc1. The normalized spacial score (nSPS) is 22.3. The van der Waals surface area contributed by atoms with E-state index in [9.17, 15) is 9.59 Å². The molecule has 1 N–H and O–H groups in total. The highest BCUT2D eigenvalue weighted by Crippen LogP contribution is 2.25. The predicted molar refractivity (Wildman–Crippen MR) is 84.6 cm³/mol. The largest absolute Gasteiger partial charge is 0.497 e. The van der Waals surface area contributed by atoms with E-state index in [1.807, 2.05) is 6.92 Å². The van der Waals surface area contributed by atoms with Crippen LogP contribution in [0.2, 0.25) is 0 Å². The maximum Gasteiger partial charge on any atom is 0.306 e. The average Bonchev–Trinajstić information content (AvgIpc) is 2.54. The topological polar surface area (TPSA) is 76.1 Å². The Morgan fingerprint density at radius 1 is 1.26 bits per heavy atom. The van der Waals surface area contributed by atoms with Crippen LogP contribution in [-0.4, -0.2) is 48.2 Å². The Labute approximate surface area is 136 Å². The lowest BCUT2D eigenvalue weighted by molar-refractivity contribution is -0.150. The summed E-state index contributed by atoms with van der Waals surface area (Å²) in [6.07, 6.45) is -0.130. The molecule has 126 valence electrons. The molecule has 0 aromatic heterocycles. The number of carbonyl (C=O) groups is 2. The van der Waals surface area contributed by atoms with Gasteiger partial charge in [-0.15, -0.1) is 0 Å². The number of aliphatic carboxylic acids is 1.